The standard InChI is InChI=1S/C10H10ClNO4/c1-2-5-16-10(13)8-6-7(12(14)15)3-4-9(8)11/h3-4,6H,2,5H2,1H3. The number of nitro groups is 1. The Balaban J connectivity index is 2.97. The van der Waals surface area contributed by atoms with Crippen LogP contribution in [-0.4, -0.2) is 17.5 Å². The molecule has 16 heavy (non-hydrogen) atoms. The maximum absolute atomic E-state index is 11.5. The van der Waals surface area contributed by atoms with Gasteiger partial charge in [-0.25, -0.2) is 4.79 Å². The van der Waals surface area contributed by atoms with Crippen LogP contribution in [0.5, 0.6) is 0 Å². The smallest absolute Gasteiger partial charge is 0.339 e. The number of hydrogen-bond donors (Lipinski definition) is 0. The number of carbonyl (C=O) groups excluding carboxylic acids is 1. The highest BCUT2D eigenvalue weighted by Crippen LogP contribution is 2.22. The monoisotopic (exact) mass is 243 g/mol. The van der Waals surface area contributed by atoms with Crippen LogP contribution >= 0.6 is 11.6 Å². The van der Waals surface area contributed by atoms with Crippen molar-refractivity contribution in [1.82, 2.24) is 0 Å². The van der Waals surface area contributed by atoms with Crippen molar-refractivity contribution in [3.05, 3.63) is 38.9 Å². The van der Waals surface area contributed by atoms with Gasteiger partial charge in [0, 0.05) is 12.1 Å². The minimum Gasteiger partial charge on any atom is -0.462 e. The van der Waals surface area contributed by atoms with Gasteiger partial charge < -0.3 is 4.74 Å². The van der Waals surface area contributed by atoms with Gasteiger partial charge in [-0.2, -0.15) is 0 Å². The van der Waals surface area contributed by atoms with Gasteiger partial charge in [0.2, 0.25) is 0 Å². The lowest BCUT2D eigenvalue weighted by atomic mass is 10.2. The van der Waals surface area contributed by atoms with Crippen LogP contribution in [-0.2, 0) is 4.74 Å². The second-order valence-corrected chi connectivity index (χ2v) is 3.46. The van der Waals surface area contributed by atoms with Crippen molar-refractivity contribution < 1.29 is 14.5 Å². The third kappa shape index (κ3) is 2.93. The number of halogens is 1. The van der Waals surface area contributed by atoms with Gasteiger partial charge in [-0.3, -0.25) is 10.1 Å². The van der Waals surface area contributed by atoms with Crippen LogP contribution < -0.4 is 0 Å². The highest BCUT2D eigenvalue weighted by molar-refractivity contribution is 6.33. The molecule has 0 aliphatic carbocycles. The minimum absolute atomic E-state index is 0.0179. The van der Waals surface area contributed by atoms with Gasteiger partial charge in [0.1, 0.15) is 0 Å². The fourth-order valence-corrected chi connectivity index (χ4v) is 1.25. The molecule has 0 radical (unpaired) electrons. The highest BCUT2D eigenvalue weighted by Gasteiger charge is 2.16. The van der Waals surface area contributed by atoms with E-state index in [1.807, 2.05) is 6.92 Å². The van der Waals surface area contributed by atoms with E-state index in [-0.39, 0.29) is 22.9 Å². The second-order valence-electron chi connectivity index (χ2n) is 3.06. The number of hydrogen-bond acceptors (Lipinski definition) is 4. The third-order valence-corrected chi connectivity index (χ3v) is 2.15. The fourth-order valence-electron chi connectivity index (χ4n) is 1.06. The topological polar surface area (TPSA) is 69.4 Å². The Labute approximate surface area is 97.1 Å². The molecule has 0 aromatic heterocycles. The van der Waals surface area contributed by atoms with Crippen molar-refractivity contribution in [2.24, 2.45) is 0 Å². The molecular formula is C10H10ClNO4. The van der Waals surface area contributed by atoms with Crippen LogP contribution in [0, 0.1) is 10.1 Å². The number of ether oxygens (including phenoxy) is 1. The van der Waals surface area contributed by atoms with Crippen LogP contribution in [0.3, 0.4) is 0 Å². The molecule has 1 aromatic rings. The fraction of sp³-hybridized carbons (Fsp3) is 0.300. The first-order valence-electron chi connectivity index (χ1n) is 4.67. The molecule has 0 bridgehead atoms. The Morgan fingerprint density at radius 2 is 2.25 bits per heavy atom. The lowest BCUT2D eigenvalue weighted by molar-refractivity contribution is -0.384. The molecule has 0 unspecified atom stereocenters. The first kappa shape index (κ1) is 12.4. The zero-order chi connectivity index (χ0) is 12.1. The van der Waals surface area contributed by atoms with Crippen LogP contribution in [0.25, 0.3) is 0 Å². The predicted octanol–water partition coefficient (Wildman–Crippen LogP) is 2.82. The quantitative estimate of drug-likeness (QED) is 0.463. The SMILES string of the molecule is CCCOC(=O)c1cc([N+](=O)[O-])ccc1Cl. The van der Waals surface area contributed by atoms with Gasteiger partial charge >= 0.3 is 5.97 Å². The number of nitrogens with zero attached hydrogens (tertiary/aromatic N) is 1. The number of rotatable bonds is 4. The first-order valence-corrected chi connectivity index (χ1v) is 5.05. The van der Waals surface area contributed by atoms with E-state index >= 15 is 0 Å². The normalized spacial score (nSPS) is 9.88. The summed E-state index contributed by atoms with van der Waals surface area (Å²) in [6, 6.07) is 3.65. The molecule has 0 aliphatic heterocycles. The lowest BCUT2D eigenvalue weighted by Crippen LogP contribution is -2.07. The van der Waals surface area contributed by atoms with Crippen LogP contribution in [0.15, 0.2) is 18.2 Å². The number of non-ortho nitro benzene ring substituents is 1. The summed E-state index contributed by atoms with van der Waals surface area (Å²) in [4.78, 5) is 21.4. The van der Waals surface area contributed by atoms with E-state index in [4.69, 9.17) is 16.3 Å². The molecule has 86 valence electrons. The molecule has 0 spiro atoms. The summed E-state index contributed by atoms with van der Waals surface area (Å²) < 4.78 is 4.85. The summed E-state index contributed by atoms with van der Waals surface area (Å²) in [5, 5.41) is 10.7. The summed E-state index contributed by atoms with van der Waals surface area (Å²) >= 11 is 5.75. The molecule has 0 aliphatic rings. The summed E-state index contributed by atoms with van der Waals surface area (Å²) in [5.41, 5.74) is -0.169. The van der Waals surface area contributed by atoms with Gasteiger partial charge in [0.25, 0.3) is 5.69 Å². The van der Waals surface area contributed by atoms with Crippen molar-refractivity contribution >= 4 is 23.3 Å². The van der Waals surface area contributed by atoms with E-state index in [1.165, 1.54) is 12.1 Å². The third-order valence-electron chi connectivity index (χ3n) is 1.82. The van der Waals surface area contributed by atoms with Gasteiger partial charge in [-0.05, 0) is 12.5 Å². The van der Waals surface area contributed by atoms with Crippen molar-refractivity contribution in [2.75, 3.05) is 6.61 Å². The van der Waals surface area contributed by atoms with Crippen molar-refractivity contribution in [3.63, 3.8) is 0 Å². The second kappa shape index (κ2) is 5.46. The molecule has 0 atom stereocenters. The molecule has 0 amide bonds. The molecule has 1 rings (SSSR count). The van der Waals surface area contributed by atoms with E-state index in [2.05, 4.69) is 0 Å². The van der Waals surface area contributed by atoms with Gasteiger partial charge in [-0.1, -0.05) is 18.5 Å². The van der Waals surface area contributed by atoms with E-state index < -0.39 is 10.9 Å². The van der Waals surface area contributed by atoms with E-state index in [0.717, 1.165) is 6.07 Å². The zero-order valence-electron chi connectivity index (χ0n) is 8.60. The van der Waals surface area contributed by atoms with Crippen LogP contribution in [0.2, 0.25) is 5.02 Å². The average Bonchev–Trinajstić information content (AvgIpc) is 2.26. The molecule has 0 heterocycles. The Morgan fingerprint density at radius 1 is 1.56 bits per heavy atom. The van der Waals surface area contributed by atoms with E-state index in [0.29, 0.717) is 6.42 Å². The summed E-state index contributed by atoms with van der Waals surface area (Å²) in [6.07, 6.45) is 0.679. The van der Waals surface area contributed by atoms with Crippen molar-refractivity contribution in [3.8, 4) is 0 Å². The molecule has 0 saturated carbocycles. The molecule has 1 aromatic carbocycles. The van der Waals surface area contributed by atoms with E-state index in [1.54, 1.807) is 0 Å². The highest BCUT2D eigenvalue weighted by atomic mass is 35.5. The number of nitro benzene ring substituents is 1. The van der Waals surface area contributed by atoms with Crippen molar-refractivity contribution in [1.29, 1.82) is 0 Å². The molecule has 5 nitrogen and oxygen atoms in total. The molecule has 6 heteroatoms. The number of esters is 1. The maximum atomic E-state index is 11.5. The lowest BCUT2D eigenvalue weighted by Gasteiger charge is -2.04. The van der Waals surface area contributed by atoms with Gasteiger partial charge in [0.15, 0.2) is 0 Å². The van der Waals surface area contributed by atoms with E-state index in [9.17, 15) is 14.9 Å². The average molecular weight is 244 g/mol. The summed E-state index contributed by atoms with van der Waals surface area (Å²) in [7, 11) is 0. The maximum Gasteiger partial charge on any atom is 0.339 e. The molecule has 0 fully saturated rings. The molecular weight excluding hydrogens is 234 g/mol. The Morgan fingerprint density at radius 3 is 2.81 bits per heavy atom. The largest absolute Gasteiger partial charge is 0.462 e. The Bertz CT molecular complexity index is 419. The zero-order valence-corrected chi connectivity index (χ0v) is 9.36. The van der Waals surface area contributed by atoms with Gasteiger partial charge in [-0.15, -0.1) is 0 Å². The van der Waals surface area contributed by atoms with Crippen molar-refractivity contribution in [2.45, 2.75) is 13.3 Å². The van der Waals surface area contributed by atoms with Gasteiger partial charge in [0.05, 0.1) is 22.1 Å². The number of carbonyl (C=O) groups is 1. The Kier molecular flexibility index (Phi) is 4.25. The minimum atomic E-state index is -0.643. The number of benzene rings is 1. The first-order chi connectivity index (χ1) is 7.56. The predicted molar refractivity (Wildman–Crippen MR) is 58.7 cm³/mol. The Hall–Kier alpha value is -1.62. The summed E-state index contributed by atoms with van der Waals surface area (Å²) in [6.45, 7) is 2.11. The summed E-state index contributed by atoms with van der Waals surface area (Å²) in [5.74, 6) is -0.643. The molecule has 0 saturated heterocycles. The van der Waals surface area contributed by atoms with Crippen LogP contribution in [0.4, 0.5) is 5.69 Å². The molecule has 0 N–H and O–H groups in total. The van der Waals surface area contributed by atoms with Crippen LogP contribution in [0.1, 0.15) is 23.7 Å².